The number of hydrogen-bond acceptors (Lipinski definition) is 3. The third kappa shape index (κ3) is 2.66. The van der Waals surface area contributed by atoms with Gasteiger partial charge in [0.15, 0.2) is 5.17 Å². The van der Waals surface area contributed by atoms with E-state index in [1.54, 1.807) is 11.8 Å². The molecular formula is C10H13ClN2S. The van der Waals surface area contributed by atoms with Crippen molar-refractivity contribution in [2.45, 2.75) is 12.5 Å². The van der Waals surface area contributed by atoms with Crippen molar-refractivity contribution < 1.29 is 0 Å². The predicted octanol–water partition coefficient (Wildman–Crippen LogP) is 2.60. The molecule has 0 saturated heterocycles. The van der Waals surface area contributed by atoms with Gasteiger partial charge in [-0.3, -0.25) is 4.99 Å². The lowest BCUT2D eigenvalue weighted by Crippen LogP contribution is -2.15. The molecule has 1 aliphatic heterocycles. The molecule has 1 heterocycles. The second kappa shape index (κ2) is 5.27. The van der Waals surface area contributed by atoms with Crippen LogP contribution >= 0.6 is 24.2 Å². The largest absolute Gasteiger partial charge is 0.379 e. The maximum absolute atomic E-state index is 5.68. The number of nitrogens with two attached hydrogens (primary N) is 1. The fourth-order valence-corrected chi connectivity index (χ4v) is 2.20. The molecule has 2 N–H and O–H groups in total. The first-order valence-corrected chi connectivity index (χ1v) is 5.36. The van der Waals surface area contributed by atoms with Gasteiger partial charge >= 0.3 is 0 Å². The zero-order valence-corrected chi connectivity index (χ0v) is 9.35. The first-order chi connectivity index (χ1) is 6.36. The number of aliphatic imine (C=N–C) groups is 1. The van der Waals surface area contributed by atoms with Gasteiger partial charge in [0.05, 0.1) is 6.04 Å². The number of halogens is 1. The molecule has 1 aromatic carbocycles. The molecule has 0 radical (unpaired) electrons. The molecule has 14 heavy (non-hydrogen) atoms. The standard InChI is InChI=1S/C10H12N2S.ClH/c11-10-12-9(6-7-13-10)8-4-2-1-3-5-8;/h1-5,9H,6-7H2,(H2,11,12);1H. The lowest BCUT2D eigenvalue weighted by Gasteiger charge is -2.17. The molecule has 0 fully saturated rings. The van der Waals surface area contributed by atoms with Crippen LogP contribution in [-0.4, -0.2) is 10.9 Å². The van der Waals surface area contributed by atoms with Gasteiger partial charge in [-0.1, -0.05) is 42.1 Å². The summed E-state index contributed by atoms with van der Waals surface area (Å²) in [7, 11) is 0. The van der Waals surface area contributed by atoms with Gasteiger partial charge in [-0.15, -0.1) is 12.4 Å². The van der Waals surface area contributed by atoms with Crippen LogP contribution < -0.4 is 5.73 Å². The minimum atomic E-state index is 0. The lowest BCUT2D eigenvalue weighted by molar-refractivity contribution is 0.704. The van der Waals surface area contributed by atoms with Gasteiger partial charge in [0.2, 0.25) is 0 Å². The maximum Gasteiger partial charge on any atom is 0.154 e. The van der Waals surface area contributed by atoms with Crippen LogP contribution in [0.1, 0.15) is 18.0 Å². The zero-order valence-electron chi connectivity index (χ0n) is 7.72. The minimum Gasteiger partial charge on any atom is -0.379 e. The lowest BCUT2D eigenvalue weighted by atomic mass is 10.1. The van der Waals surface area contributed by atoms with E-state index in [9.17, 15) is 0 Å². The summed E-state index contributed by atoms with van der Waals surface area (Å²) in [6, 6.07) is 10.6. The first-order valence-electron chi connectivity index (χ1n) is 4.37. The Hall–Kier alpha value is -0.670. The van der Waals surface area contributed by atoms with E-state index < -0.39 is 0 Å². The van der Waals surface area contributed by atoms with Gasteiger partial charge in [0.25, 0.3) is 0 Å². The van der Waals surface area contributed by atoms with E-state index in [-0.39, 0.29) is 18.4 Å². The summed E-state index contributed by atoms with van der Waals surface area (Å²) < 4.78 is 0. The summed E-state index contributed by atoms with van der Waals surface area (Å²) in [5.74, 6) is 1.08. The van der Waals surface area contributed by atoms with Crippen molar-refractivity contribution >= 4 is 29.3 Å². The fraction of sp³-hybridized carbons (Fsp3) is 0.300. The Morgan fingerprint density at radius 3 is 2.64 bits per heavy atom. The van der Waals surface area contributed by atoms with Crippen molar-refractivity contribution in [3.63, 3.8) is 0 Å². The summed E-state index contributed by atoms with van der Waals surface area (Å²) in [6.07, 6.45) is 1.09. The van der Waals surface area contributed by atoms with Crippen molar-refractivity contribution in [1.82, 2.24) is 0 Å². The number of nitrogens with zero attached hydrogens (tertiary/aromatic N) is 1. The number of rotatable bonds is 1. The number of hydrogen-bond donors (Lipinski definition) is 1. The third-order valence-electron chi connectivity index (χ3n) is 2.11. The van der Waals surface area contributed by atoms with E-state index in [4.69, 9.17) is 5.73 Å². The minimum absolute atomic E-state index is 0. The molecule has 0 spiro atoms. The molecule has 2 rings (SSSR count). The average molecular weight is 229 g/mol. The zero-order chi connectivity index (χ0) is 9.10. The van der Waals surface area contributed by atoms with E-state index in [2.05, 4.69) is 17.1 Å². The molecule has 0 bridgehead atoms. The second-order valence-corrected chi connectivity index (χ2v) is 4.15. The van der Waals surface area contributed by atoms with Crippen LogP contribution in [0.15, 0.2) is 35.3 Å². The molecular weight excluding hydrogens is 216 g/mol. The van der Waals surface area contributed by atoms with E-state index in [0.29, 0.717) is 0 Å². The van der Waals surface area contributed by atoms with Crippen LogP contribution in [0.4, 0.5) is 0 Å². The van der Waals surface area contributed by atoms with Crippen molar-refractivity contribution in [3.8, 4) is 0 Å². The number of amidine groups is 1. The van der Waals surface area contributed by atoms with Gasteiger partial charge in [-0.2, -0.15) is 0 Å². The monoisotopic (exact) mass is 228 g/mol. The van der Waals surface area contributed by atoms with Gasteiger partial charge in [0.1, 0.15) is 0 Å². The molecule has 0 aromatic heterocycles. The van der Waals surface area contributed by atoms with Crippen LogP contribution in [0, 0.1) is 0 Å². The quantitative estimate of drug-likeness (QED) is 0.803. The average Bonchev–Trinajstić information content (AvgIpc) is 2.19. The summed E-state index contributed by atoms with van der Waals surface area (Å²) >= 11 is 1.64. The molecule has 1 aromatic rings. The Labute approximate surface area is 94.4 Å². The SMILES string of the molecule is Cl.NC1=NC(c2ccccc2)CCS1. The van der Waals surface area contributed by atoms with Gasteiger partial charge in [-0.05, 0) is 12.0 Å². The van der Waals surface area contributed by atoms with Gasteiger partial charge in [0, 0.05) is 5.75 Å². The van der Waals surface area contributed by atoms with Crippen LogP contribution in [0.3, 0.4) is 0 Å². The number of thioether (sulfide) groups is 1. The fourth-order valence-electron chi connectivity index (χ4n) is 1.45. The van der Waals surface area contributed by atoms with E-state index in [1.807, 2.05) is 18.2 Å². The van der Waals surface area contributed by atoms with Crippen molar-refractivity contribution in [1.29, 1.82) is 0 Å². The molecule has 0 amide bonds. The van der Waals surface area contributed by atoms with Crippen molar-refractivity contribution in [2.75, 3.05) is 5.75 Å². The molecule has 0 saturated carbocycles. The normalized spacial score (nSPS) is 20.9. The molecule has 76 valence electrons. The van der Waals surface area contributed by atoms with Crippen molar-refractivity contribution in [3.05, 3.63) is 35.9 Å². The highest BCUT2D eigenvalue weighted by atomic mass is 35.5. The molecule has 4 heteroatoms. The molecule has 0 aliphatic carbocycles. The Morgan fingerprint density at radius 2 is 2.00 bits per heavy atom. The highest BCUT2D eigenvalue weighted by Gasteiger charge is 2.14. The Balaban J connectivity index is 0.000000980. The van der Waals surface area contributed by atoms with E-state index in [0.717, 1.165) is 17.3 Å². The van der Waals surface area contributed by atoms with E-state index in [1.165, 1.54) is 5.56 Å². The predicted molar refractivity (Wildman–Crippen MR) is 65.1 cm³/mol. The summed E-state index contributed by atoms with van der Waals surface area (Å²) in [5.41, 5.74) is 6.94. The highest BCUT2D eigenvalue weighted by molar-refractivity contribution is 8.13. The Bertz CT molecular complexity index is 313. The molecule has 2 nitrogen and oxygen atoms in total. The summed E-state index contributed by atoms with van der Waals surface area (Å²) in [5, 5.41) is 0.722. The molecule has 1 unspecified atom stereocenters. The maximum atomic E-state index is 5.68. The van der Waals surface area contributed by atoms with Crippen LogP contribution in [0.25, 0.3) is 0 Å². The highest BCUT2D eigenvalue weighted by Crippen LogP contribution is 2.27. The Morgan fingerprint density at radius 1 is 1.29 bits per heavy atom. The second-order valence-electron chi connectivity index (χ2n) is 3.03. The smallest absolute Gasteiger partial charge is 0.154 e. The topological polar surface area (TPSA) is 38.4 Å². The molecule has 1 aliphatic rings. The first kappa shape index (κ1) is 11.4. The Kier molecular flexibility index (Phi) is 4.29. The number of benzene rings is 1. The van der Waals surface area contributed by atoms with Gasteiger partial charge in [-0.25, -0.2) is 0 Å². The van der Waals surface area contributed by atoms with Gasteiger partial charge < -0.3 is 5.73 Å². The summed E-state index contributed by atoms with van der Waals surface area (Å²) in [4.78, 5) is 4.41. The van der Waals surface area contributed by atoms with Crippen molar-refractivity contribution in [2.24, 2.45) is 10.7 Å². The molecule has 1 atom stereocenters. The van der Waals surface area contributed by atoms with E-state index >= 15 is 0 Å². The van der Waals surface area contributed by atoms with Crippen LogP contribution in [0.5, 0.6) is 0 Å². The van der Waals surface area contributed by atoms with Crippen LogP contribution in [-0.2, 0) is 0 Å². The third-order valence-corrected chi connectivity index (χ3v) is 2.95. The summed E-state index contributed by atoms with van der Waals surface area (Å²) in [6.45, 7) is 0. The van der Waals surface area contributed by atoms with Crippen LogP contribution in [0.2, 0.25) is 0 Å².